The summed E-state index contributed by atoms with van der Waals surface area (Å²) in [5, 5.41) is 20.5. The van der Waals surface area contributed by atoms with Crippen molar-refractivity contribution >= 4 is 23.6 Å². The van der Waals surface area contributed by atoms with E-state index in [0.717, 1.165) is 12.8 Å². The third-order valence-corrected chi connectivity index (χ3v) is 5.20. The first kappa shape index (κ1) is 19.0. The second-order valence-electron chi connectivity index (χ2n) is 4.99. The van der Waals surface area contributed by atoms with Gasteiger partial charge in [-0.1, -0.05) is 11.8 Å². The number of ether oxygens (including phenoxy) is 1. The second-order valence-corrected chi connectivity index (χ2v) is 6.14. The Kier molecular flexibility index (Phi) is 6.31. The molecule has 3 N–H and O–H groups in total. The molecule has 0 aromatic rings. The van der Waals surface area contributed by atoms with E-state index in [1.807, 2.05) is 0 Å². The van der Waals surface area contributed by atoms with Crippen LogP contribution in [0.25, 0.3) is 0 Å². The number of thioether (sulfide) groups is 1. The first-order valence-electron chi connectivity index (χ1n) is 6.27. The van der Waals surface area contributed by atoms with Crippen molar-refractivity contribution in [2.75, 3.05) is 6.61 Å². The molecule has 9 heteroatoms. The molecule has 7 nitrogen and oxygen atoms in total. The molecule has 3 aliphatic rings. The van der Waals surface area contributed by atoms with Gasteiger partial charge in [0.2, 0.25) is 5.91 Å². The topological polar surface area (TPSA) is 121 Å². The van der Waals surface area contributed by atoms with Gasteiger partial charge in [-0.2, -0.15) is 0 Å². The fourth-order valence-electron chi connectivity index (χ4n) is 2.81. The van der Waals surface area contributed by atoms with Crippen LogP contribution in [-0.2, 0) is 14.3 Å². The summed E-state index contributed by atoms with van der Waals surface area (Å²) >= 11 is 1.31. The molecule has 0 saturated carbocycles. The van der Waals surface area contributed by atoms with Crippen molar-refractivity contribution in [2.45, 2.75) is 37.3 Å². The van der Waals surface area contributed by atoms with E-state index in [0.29, 0.717) is 11.5 Å². The number of carbonyl (C=O) groups is 2. The number of β-lactam (4-membered cyclic amide) rings is 1. The van der Waals surface area contributed by atoms with Crippen LogP contribution in [0.1, 0.15) is 19.8 Å². The number of hydrogen-bond acceptors (Lipinski definition) is 6. The Morgan fingerprint density at radius 2 is 2.24 bits per heavy atom. The molecular formula is C12H16NNaO6S. The molecule has 0 aromatic carbocycles. The molecular weight excluding hydrogens is 309 g/mol. The molecule has 21 heavy (non-hydrogen) atoms. The zero-order valence-electron chi connectivity index (χ0n) is 11.9. The summed E-state index contributed by atoms with van der Waals surface area (Å²) in [7, 11) is 0. The number of aliphatic hydroxyl groups excluding tert-OH is 1. The summed E-state index contributed by atoms with van der Waals surface area (Å²) in [5.41, 5.74) is -0.0659. The van der Waals surface area contributed by atoms with E-state index in [4.69, 9.17) is 4.74 Å². The van der Waals surface area contributed by atoms with Crippen LogP contribution >= 0.6 is 11.8 Å². The van der Waals surface area contributed by atoms with E-state index in [-0.39, 0.29) is 58.1 Å². The van der Waals surface area contributed by atoms with E-state index < -0.39 is 18.0 Å². The van der Waals surface area contributed by atoms with Crippen molar-refractivity contribution in [1.82, 2.24) is 4.90 Å². The number of carboxylic acid groups (broad SMARTS) is 1. The molecule has 0 aromatic heterocycles. The monoisotopic (exact) mass is 325 g/mol. The summed E-state index contributed by atoms with van der Waals surface area (Å²) in [6.07, 6.45) is 0.597. The molecule has 2 saturated heterocycles. The van der Waals surface area contributed by atoms with Crippen molar-refractivity contribution < 1.29 is 59.6 Å². The third kappa shape index (κ3) is 2.90. The van der Waals surface area contributed by atoms with E-state index in [1.165, 1.54) is 16.7 Å². The Morgan fingerprint density at radius 1 is 1.57 bits per heavy atom. The molecule has 0 spiro atoms. The minimum Gasteiger partial charge on any atom is -0.543 e. The molecule has 2 fully saturated rings. The van der Waals surface area contributed by atoms with Crippen molar-refractivity contribution in [3.8, 4) is 0 Å². The van der Waals surface area contributed by atoms with E-state index in [9.17, 15) is 19.8 Å². The van der Waals surface area contributed by atoms with Crippen LogP contribution < -0.4 is 34.7 Å². The molecule has 0 bridgehead atoms. The number of aliphatic carboxylic acids is 1. The maximum Gasteiger partial charge on any atom is 1.00 e. The SMILES string of the molecule is C[C@@H](O)[C@H]1C(=O)N2C(C(=O)[O-])=C([C@H]3CCCO3)S[C@H]12.O.[Na+]. The third-order valence-electron chi connectivity index (χ3n) is 3.74. The normalized spacial score (nSPS) is 32.0. The van der Waals surface area contributed by atoms with Gasteiger partial charge in [0.05, 0.1) is 29.8 Å². The smallest absolute Gasteiger partial charge is 0.543 e. The zero-order chi connectivity index (χ0) is 13.7. The van der Waals surface area contributed by atoms with Crippen LogP contribution in [0.5, 0.6) is 0 Å². The number of fused-ring (bicyclic) bond motifs is 1. The summed E-state index contributed by atoms with van der Waals surface area (Å²) in [5.74, 6) is -2.24. The summed E-state index contributed by atoms with van der Waals surface area (Å²) in [4.78, 5) is 25.0. The number of hydrogen-bond donors (Lipinski definition) is 1. The van der Waals surface area contributed by atoms with Gasteiger partial charge in [0.1, 0.15) is 5.37 Å². The van der Waals surface area contributed by atoms with E-state index in [2.05, 4.69) is 0 Å². The first-order valence-corrected chi connectivity index (χ1v) is 7.15. The number of carboxylic acids is 1. The maximum atomic E-state index is 11.9. The molecule has 0 aliphatic carbocycles. The fourth-order valence-corrected chi connectivity index (χ4v) is 4.51. The Bertz CT molecular complexity index is 476. The fraction of sp³-hybridized carbons (Fsp3) is 0.667. The van der Waals surface area contributed by atoms with Gasteiger partial charge in [-0.15, -0.1) is 0 Å². The first-order chi connectivity index (χ1) is 9.02. The van der Waals surface area contributed by atoms with Gasteiger partial charge in [-0.25, -0.2) is 0 Å². The molecule has 0 radical (unpaired) electrons. The quantitative estimate of drug-likeness (QED) is 0.411. The van der Waals surface area contributed by atoms with Crippen LogP contribution in [0.15, 0.2) is 10.6 Å². The maximum absolute atomic E-state index is 11.9. The van der Waals surface area contributed by atoms with Gasteiger partial charge in [-0.3, -0.25) is 9.69 Å². The molecule has 3 rings (SSSR count). The number of amides is 1. The number of rotatable bonds is 3. The number of nitrogens with zero attached hydrogens (tertiary/aromatic N) is 1. The van der Waals surface area contributed by atoms with Crippen molar-refractivity contribution in [3.63, 3.8) is 0 Å². The van der Waals surface area contributed by atoms with Crippen LogP contribution in [0, 0.1) is 5.92 Å². The van der Waals surface area contributed by atoms with Crippen molar-refractivity contribution in [1.29, 1.82) is 0 Å². The Hall–Kier alpha value is -0.0900. The largest absolute Gasteiger partial charge is 1.00 e. The number of aliphatic hydroxyl groups is 1. The van der Waals surface area contributed by atoms with E-state index >= 15 is 0 Å². The Labute approximate surface area is 148 Å². The minimum atomic E-state index is -1.35. The van der Waals surface area contributed by atoms with Crippen LogP contribution in [-0.4, -0.2) is 51.5 Å². The van der Waals surface area contributed by atoms with E-state index in [1.54, 1.807) is 6.92 Å². The molecule has 3 heterocycles. The zero-order valence-corrected chi connectivity index (χ0v) is 14.7. The van der Waals surface area contributed by atoms with Gasteiger partial charge >= 0.3 is 29.6 Å². The van der Waals surface area contributed by atoms with Crippen LogP contribution in [0.3, 0.4) is 0 Å². The predicted molar refractivity (Wildman–Crippen MR) is 68.0 cm³/mol. The average molecular weight is 325 g/mol. The average Bonchev–Trinajstić information content (AvgIpc) is 2.92. The van der Waals surface area contributed by atoms with Gasteiger partial charge in [-0.05, 0) is 19.8 Å². The molecule has 0 unspecified atom stereocenters. The van der Waals surface area contributed by atoms with Gasteiger partial charge in [0.25, 0.3) is 0 Å². The molecule has 1 amide bonds. The van der Waals surface area contributed by atoms with Crippen molar-refractivity contribution in [2.24, 2.45) is 5.92 Å². The molecule has 112 valence electrons. The standard InChI is InChI=1S/C12H15NO5S.Na.H2O/c1-5(14)7-10(15)13-8(12(16)17)9(19-11(7)13)6-3-2-4-18-6;;/h5-7,11,14H,2-4H2,1H3,(H,16,17);;1H2/q;+1;/p-1/t5-,6-,7+,11-;;/m1../s1. The Morgan fingerprint density at radius 3 is 2.71 bits per heavy atom. The van der Waals surface area contributed by atoms with Gasteiger partial charge in [0, 0.05) is 11.5 Å². The predicted octanol–water partition coefficient (Wildman–Crippen LogP) is -4.78. The summed E-state index contributed by atoms with van der Waals surface area (Å²) < 4.78 is 5.50. The summed E-state index contributed by atoms with van der Waals surface area (Å²) in [6.45, 7) is 2.15. The molecule has 3 aliphatic heterocycles. The Balaban J connectivity index is 0.00000110. The molecule has 4 atom stereocenters. The van der Waals surface area contributed by atoms with Gasteiger partial charge in [0.15, 0.2) is 0 Å². The van der Waals surface area contributed by atoms with Crippen LogP contribution in [0.2, 0.25) is 0 Å². The van der Waals surface area contributed by atoms with Crippen LogP contribution in [0.4, 0.5) is 0 Å². The summed E-state index contributed by atoms with van der Waals surface area (Å²) in [6, 6.07) is 0. The van der Waals surface area contributed by atoms with Crippen molar-refractivity contribution in [3.05, 3.63) is 10.6 Å². The van der Waals surface area contributed by atoms with Gasteiger partial charge < -0.3 is 25.2 Å². The second kappa shape index (κ2) is 6.99. The number of carbonyl (C=O) groups excluding carboxylic acids is 2. The minimum absolute atomic E-state index is 0.